The van der Waals surface area contributed by atoms with Gasteiger partial charge in [-0.05, 0) is 24.6 Å². The van der Waals surface area contributed by atoms with Crippen LogP contribution in [0.3, 0.4) is 0 Å². The second-order valence-electron chi connectivity index (χ2n) is 5.82. The Morgan fingerprint density at radius 1 is 1.26 bits per heavy atom. The van der Waals surface area contributed by atoms with Gasteiger partial charge in [-0.15, -0.1) is 0 Å². The molecule has 1 atom stereocenters. The van der Waals surface area contributed by atoms with Crippen molar-refractivity contribution in [1.29, 1.82) is 0 Å². The fraction of sp³-hybridized carbons (Fsp3) is 0.176. The van der Waals surface area contributed by atoms with Crippen LogP contribution in [0, 0.1) is 0 Å². The Bertz CT molecular complexity index is 998. The fourth-order valence-corrected chi connectivity index (χ4v) is 2.63. The molecule has 140 valence electrons. The molecule has 1 amide bonds. The zero-order valence-corrected chi connectivity index (χ0v) is 15.6. The van der Waals surface area contributed by atoms with Crippen molar-refractivity contribution in [1.82, 2.24) is 19.6 Å². The number of carboxylic acids is 1. The normalized spacial score (nSPS) is 12.0. The lowest BCUT2D eigenvalue weighted by Crippen LogP contribution is -2.16. The molecule has 8 nitrogen and oxygen atoms in total. The smallest absolute Gasteiger partial charge is 0.328 e. The van der Waals surface area contributed by atoms with Crippen LogP contribution in [0.4, 0.5) is 5.82 Å². The summed E-state index contributed by atoms with van der Waals surface area (Å²) in [5.41, 5.74) is 1.15. The van der Waals surface area contributed by atoms with E-state index in [1.54, 1.807) is 29.1 Å². The lowest BCUT2D eigenvalue weighted by Gasteiger charge is -2.05. The molecule has 2 heterocycles. The molecule has 10 heteroatoms. The van der Waals surface area contributed by atoms with Crippen molar-refractivity contribution in [3.05, 3.63) is 64.0 Å². The SMILES string of the molecule is CC(C(=O)O)n1cc(C(=O)Nc2ccn(Cc3ccc(Cl)c(Cl)c3)n2)cn1. The van der Waals surface area contributed by atoms with E-state index in [4.69, 9.17) is 28.3 Å². The fourth-order valence-electron chi connectivity index (χ4n) is 2.31. The maximum atomic E-state index is 12.3. The van der Waals surface area contributed by atoms with Crippen molar-refractivity contribution >= 4 is 40.9 Å². The van der Waals surface area contributed by atoms with E-state index >= 15 is 0 Å². The van der Waals surface area contributed by atoms with Crippen molar-refractivity contribution in [2.75, 3.05) is 5.32 Å². The molecule has 0 spiro atoms. The number of halogens is 2. The highest BCUT2D eigenvalue weighted by atomic mass is 35.5. The molecule has 0 radical (unpaired) electrons. The summed E-state index contributed by atoms with van der Waals surface area (Å²) in [5, 5.41) is 20.8. The molecule has 2 aromatic heterocycles. The third-order valence-corrected chi connectivity index (χ3v) is 4.57. The van der Waals surface area contributed by atoms with Crippen molar-refractivity contribution in [3.8, 4) is 0 Å². The van der Waals surface area contributed by atoms with Gasteiger partial charge >= 0.3 is 5.97 Å². The van der Waals surface area contributed by atoms with E-state index < -0.39 is 17.9 Å². The molecule has 0 bridgehead atoms. The molecule has 27 heavy (non-hydrogen) atoms. The number of rotatable bonds is 6. The van der Waals surface area contributed by atoms with Crippen LogP contribution in [0.2, 0.25) is 10.0 Å². The van der Waals surface area contributed by atoms with Crippen molar-refractivity contribution in [2.45, 2.75) is 19.5 Å². The first-order chi connectivity index (χ1) is 12.8. The number of amides is 1. The second-order valence-corrected chi connectivity index (χ2v) is 6.64. The van der Waals surface area contributed by atoms with E-state index in [-0.39, 0.29) is 5.56 Å². The van der Waals surface area contributed by atoms with Crippen LogP contribution < -0.4 is 5.32 Å². The number of hydrogen-bond donors (Lipinski definition) is 2. The molecule has 0 saturated heterocycles. The summed E-state index contributed by atoms with van der Waals surface area (Å²) >= 11 is 11.9. The zero-order chi connectivity index (χ0) is 19.6. The maximum Gasteiger partial charge on any atom is 0.328 e. The minimum Gasteiger partial charge on any atom is -0.480 e. The number of anilines is 1. The highest BCUT2D eigenvalue weighted by Crippen LogP contribution is 2.23. The molecule has 3 aromatic rings. The summed E-state index contributed by atoms with van der Waals surface area (Å²) in [6.45, 7) is 1.93. The van der Waals surface area contributed by atoms with Gasteiger partial charge in [-0.2, -0.15) is 10.2 Å². The van der Waals surface area contributed by atoms with Crippen molar-refractivity contribution < 1.29 is 14.7 Å². The molecule has 0 fully saturated rings. The minimum absolute atomic E-state index is 0.238. The second kappa shape index (κ2) is 7.81. The van der Waals surface area contributed by atoms with E-state index in [0.717, 1.165) is 5.56 Å². The summed E-state index contributed by atoms with van der Waals surface area (Å²) in [7, 11) is 0. The Hall–Kier alpha value is -2.84. The third kappa shape index (κ3) is 4.47. The van der Waals surface area contributed by atoms with Crippen molar-refractivity contribution in [3.63, 3.8) is 0 Å². The van der Waals surface area contributed by atoms with Crippen LogP contribution in [0.5, 0.6) is 0 Å². The lowest BCUT2D eigenvalue weighted by molar-refractivity contribution is -0.140. The predicted molar refractivity (Wildman–Crippen MR) is 100 cm³/mol. The Kier molecular flexibility index (Phi) is 5.48. The molecular weight excluding hydrogens is 393 g/mol. The van der Waals surface area contributed by atoms with Gasteiger partial charge in [0.05, 0.1) is 28.4 Å². The van der Waals surface area contributed by atoms with Crippen molar-refractivity contribution in [2.24, 2.45) is 0 Å². The molecule has 1 unspecified atom stereocenters. The summed E-state index contributed by atoms with van der Waals surface area (Å²) in [4.78, 5) is 23.2. The average molecular weight is 408 g/mol. The van der Waals surface area contributed by atoms with Gasteiger partial charge < -0.3 is 10.4 Å². The molecule has 0 aliphatic heterocycles. The highest BCUT2D eigenvalue weighted by molar-refractivity contribution is 6.42. The first kappa shape index (κ1) is 18.9. The summed E-state index contributed by atoms with van der Waals surface area (Å²) in [6.07, 6.45) is 4.40. The predicted octanol–water partition coefficient (Wildman–Crippen LogP) is 3.33. The number of aromatic nitrogens is 4. The molecule has 1 aromatic carbocycles. The Morgan fingerprint density at radius 2 is 2.04 bits per heavy atom. The average Bonchev–Trinajstić information content (AvgIpc) is 3.27. The standard InChI is InChI=1S/C17H15Cl2N5O3/c1-10(17(26)27)24-9-12(7-20-24)16(25)21-15-4-5-23(22-15)8-11-2-3-13(18)14(19)6-11/h2-7,9-10H,8H2,1H3,(H,26,27)(H,21,22,25). The van der Waals surface area contributed by atoms with E-state index in [9.17, 15) is 9.59 Å². The van der Waals surface area contributed by atoms with E-state index in [0.29, 0.717) is 22.4 Å². The molecule has 0 saturated carbocycles. The van der Waals surface area contributed by atoms with E-state index in [2.05, 4.69) is 15.5 Å². The Morgan fingerprint density at radius 3 is 2.74 bits per heavy atom. The van der Waals surface area contributed by atoms with Crippen LogP contribution in [0.1, 0.15) is 28.9 Å². The van der Waals surface area contributed by atoms with Gasteiger partial charge in [0.1, 0.15) is 6.04 Å². The molecular formula is C17H15Cl2N5O3. The first-order valence-electron chi connectivity index (χ1n) is 7.89. The maximum absolute atomic E-state index is 12.3. The molecule has 0 aliphatic carbocycles. The summed E-state index contributed by atoms with van der Waals surface area (Å²) in [5.74, 6) is -1.11. The van der Waals surface area contributed by atoms with Gasteiger partial charge in [0, 0.05) is 18.5 Å². The van der Waals surface area contributed by atoms with Gasteiger partial charge in [-0.3, -0.25) is 14.2 Å². The Labute approximate surface area is 164 Å². The summed E-state index contributed by atoms with van der Waals surface area (Å²) in [6, 6.07) is 6.09. The van der Waals surface area contributed by atoms with Gasteiger partial charge in [0.25, 0.3) is 5.91 Å². The van der Waals surface area contributed by atoms with Crippen LogP contribution >= 0.6 is 23.2 Å². The number of carbonyl (C=O) groups is 2. The zero-order valence-electron chi connectivity index (χ0n) is 14.1. The number of benzene rings is 1. The summed E-state index contributed by atoms with van der Waals surface area (Å²) < 4.78 is 2.85. The number of hydrogen-bond acceptors (Lipinski definition) is 4. The van der Waals surface area contributed by atoms with Gasteiger partial charge in [-0.1, -0.05) is 29.3 Å². The van der Waals surface area contributed by atoms with Crippen LogP contribution in [0.15, 0.2) is 42.9 Å². The monoisotopic (exact) mass is 407 g/mol. The molecule has 3 rings (SSSR count). The third-order valence-electron chi connectivity index (χ3n) is 3.83. The minimum atomic E-state index is -1.04. The number of nitrogens with one attached hydrogen (secondary N) is 1. The lowest BCUT2D eigenvalue weighted by atomic mass is 10.2. The number of carboxylic acid groups (broad SMARTS) is 1. The molecule has 0 aliphatic rings. The first-order valence-corrected chi connectivity index (χ1v) is 8.65. The topological polar surface area (TPSA) is 102 Å². The highest BCUT2D eigenvalue weighted by Gasteiger charge is 2.17. The van der Waals surface area contributed by atoms with Crippen LogP contribution in [-0.4, -0.2) is 36.5 Å². The number of nitrogens with zero attached hydrogens (tertiary/aromatic N) is 4. The van der Waals surface area contributed by atoms with Gasteiger partial charge in [0.2, 0.25) is 0 Å². The largest absolute Gasteiger partial charge is 0.480 e. The van der Waals surface area contributed by atoms with E-state index in [1.807, 2.05) is 6.07 Å². The van der Waals surface area contributed by atoms with Crippen LogP contribution in [-0.2, 0) is 11.3 Å². The Balaban J connectivity index is 1.65. The van der Waals surface area contributed by atoms with Gasteiger partial charge in [0.15, 0.2) is 5.82 Å². The molecule has 2 N–H and O–H groups in total. The number of aliphatic carboxylic acids is 1. The van der Waals surface area contributed by atoms with Gasteiger partial charge in [-0.25, -0.2) is 4.79 Å². The number of carbonyl (C=O) groups excluding carboxylic acids is 1. The van der Waals surface area contributed by atoms with Crippen LogP contribution in [0.25, 0.3) is 0 Å². The van der Waals surface area contributed by atoms with E-state index in [1.165, 1.54) is 24.0 Å². The quantitative estimate of drug-likeness (QED) is 0.652.